The number of rotatable bonds is 15. The molecule has 0 bridgehead atoms. The van der Waals surface area contributed by atoms with E-state index in [1.807, 2.05) is 0 Å². The molecule has 0 unspecified atom stereocenters. The minimum atomic E-state index is 0.612. The maximum Gasteiger partial charge on any atom is 0.00105 e. The Morgan fingerprint density at radius 1 is 0.857 bits per heavy atom. The summed E-state index contributed by atoms with van der Waals surface area (Å²) < 4.78 is 0. The molecule has 1 N–H and O–H groups in total. The van der Waals surface area contributed by atoms with E-state index in [1.54, 1.807) is 5.57 Å². The highest BCUT2D eigenvalue weighted by Gasteiger charge is 1.95. The Morgan fingerprint density at radius 2 is 1.38 bits per heavy atom. The van der Waals surface area contributed by atoms with Gasteiger partial charge >= 0.3 is 0 Å². The lowest BCUT2D eigenvalue weighted by Crippen LogP contribution is -2.23. The molecule has 0 aromatic carbocycles. The van der Waals surface area contributed by atoms with Gasteiger partial charge in [0.1, 0.15) is 0 Å². The highest BCUT2D eigenvalue weighted by Crippen LogP contribution is 2.13. The van der Waals surface area contributed by atoms with Crippen molar-refractivity contribution in [1.29, 1.82) is 0 Å². The standard InChI is InChI=1S/C20H41N/c1-5-6-7-8-9-10-11-12-13-14-16-20(4)17-15-18-21-19(2)3/h17,19,21H,5-16,18H2,1-4H3. The first-order valence-corrected chi connectivity index (χ1v) is 9.55. The van der Waals surface area contributed by atoms with Gasteiger partial charge in [0.25, 0.3) is 0 Å². The van der Waals surface area contributed by atoms with E-state index in [0.717, 1.165) is 6.54 Å². The minimum absolute atomic E-state index is 0.612. The molecule has 0 fully saturated rings. The van der Waals surface area contributed by atoms with Gasteiger partial charge in [-0.05, 0) is 32.7 Å². The summed E-state index contributed by atoms with van der Waals surface area (Å²) in [6, 6.07) is 0.612. The summed E-state index contributed by atoms with van der Waals surface area (Å²) >= 11 is 0. The average Bonchev–Trinajstić information content (AvgIpc) is 2.45. The summed E-state index contributed by atoms with van der Waals surface area (Å²) in [5.41, 5.74) is 1.58. The Hall–Kier alpha value is -0.300. The lowest BCUT2D eigenvalue weighted by Gasteiger charge is -2.06. The molecule has 0 heterocycles. The zero-order valence-electron chi connectivity index (χ0n) is 15.3. The molecule has 0 aromatic rings. The van der Waals surface area contributed by atoms with Crippen molar-refractivity contribution < 1.29 is 0 Å². The van der Waals surface area contributed by atoms with E-state index in [-0.39, 0.29) is 0 Å². The normalized spacial score (nSPS) is 12.3. The van der Waals surface area contributed by atoms with Crippen molar-refractivity contribution in [2.24, 2.45) is 0 Å². The van der Waals surface area contributed by atoms with Crippen molar-refractivity contribution >= 4 is 0 Å². The van der Waals surface area contributed by atoms with Crippen molar-refractivity contribution in [3.63, 3.8) is 0 Å². The summed E-state index contributed by atoms with van der Waals surface area (Å²) in [4.78, 5) is 0. The third-order valence-electron chi connectivity index (χ3n) is 4.11. The minimum Gasteiger partial charge on any atom is -0.314 e. The molecule has 0 radical (unpaired) electrons. The zero-order chi connectivity index (χ0) is 15.8. The van der Waals surface area contributed by atoms with E-state index < -0.39 is 0 Å². The molecule has 1 nitrogen and oxygen atoms in total. The lowest BCUT2D eigenvalue weighted by atomic mass is 10.0. The van der Waals surface area contributed by atoms with Gasteiger partial charge < -0.3 is 5.32 Å². The van der Waals surface area contributed by atoms with Crippen LogP contribution in [0, 0.1) is 0 Å². The molecule has 0 aliphatic carbocycles. The van der Waals surface area contributed by atoms with Crippen LogP contribution in [0.25, 0.3) is 0 Å². The van der Waals surface area contributed by atoms with Crippen LogP contribution in [-0.4, -0.2) is 12.6 Å². The molecular weight excluding hydrogens is 254 g/mol. The van der Waals surface area contributed by atoms with Crippen molar-refractivity contribution in [3.8, 4) is 0 Å². The molecule has 0 saturated heterocycles. The van der Waals surface area contributed by atoms with Gasteiger partial charge in [0.05, 0.1) is 0 Å². The van der Waals surface area contributed by atoms with E-state index in [0.29, 0.717) is 6.04 Å². The van der Waals surface area contributed by atoms with Crippen molar-refractivity contribution in [1.82, 2.24) is 5.32 Å². The largest absolute Gasteiger partial charge is 0.314 e. The van der Waals surface area contributed by atoms with Crippen LogP contribution in [0.4, 0.5) is 0 Å². The van der Waals surface area contributed by atoms with E-state index in [2.05, 4.69) is 39.1 Å². The quantitative estimate of drug-likeness (QED) is 0.264. The van der Waals surface area contributed by atoms with Crippen LogP contribution in [0.5, 0.6) is 0 Å². The van der Waals surface area contributed by atoms with E-state index >= 15 is 0 Å². The Morgan fingerprint density at radius 3 is 1.90 bits per heavy atom. The highest BCUT2D eigenvalue weighted by atomic mass is 14.9. The fourth-order valence-electron chi connectivity index (χ4n) is 2.68. The smallest absolute Gasteiger partial charge is 0.00105 e. The Bertz CT molecular complexity index is 230. The molecule has 0 amide bonds. The van der Waals surface area contributed by atoms with Crippen LogP contribution in [0.1, 0.15) is 105 Å². The summed E-state index contributed by atoms with van der Waals surface area (Å²) in [6.45, 7) is 10.1. The molecule has 0 rings (SSSR count). The molecule has 21 heavy (non-hydrogen) atoms. The molecule has 126 valence electrons. The van der Waals surface area contributed by atoms with Gasteiger partial charge in [0.2, 0.25) is 0 Å². The van der Waals surface area contributed by atoms with E-state index in [1.165, 1.54) is 77.0 Å². The number of hydrogen-bond donors (Lipinski definition) is 1. The number of unbranched alkanes of at least 4 members (excludes halogenated alkanes) is 9. The van der Waals surface area contributed by atoms with E-state index in [4.69, 9.17) is 0 Å². The second-order valence-electron chi connectivity index (χ2n) is 6.88. The summed E-state index contributed by atoms with van der Waals surface area (Å²) in [5.74, 6) is 0. The van der Waals surface area contributed by atoms with Gasteiger partial charge in [-0.2, -0.15) is 0 Å². The van der Waals surface area contributed by atoms with Crippen LogP contribution in [0.2, 0.25) is 0 Å². The molecule has 1 heteroatoms. The van der Waals surface area contributed by atoms with Crippen molar-refractivity contribution in [2.75, 3.05) is 6.54 Å². The van der Waals surface area contributed by atoms with Gasteiger partial charge in [0, 0.05) is 6.04 Å². The summed E-state index contributed by atoms with van der Waals surface area (Å²) in [6.07, 6.45) is 19.2. The molecular formula is C20H41N. The van der Waals surface area contributed by atoms with Crippen LogP contribution in [0.15, 0.2) is 11.6 Å². The van der Waals surface area contributed by atoms with Crippen LogP contribution >= 0.6 is 0 Å². The predicted molar refractivity (Wildman–Crippen MR) is 98.0 cm³/mol. The summed E-state index contributed by atoms with van der Waals surface area (Å²) in [7, 11) is 0. The fourth-order valence-corrected chi connectivity index (χ4v) is 2.68. The SMILES string of the molecule is CCCCCCCCCCCCC(C)=CCCNC(C)C. The molecule has 0 spiro atoms. The van der Waals surface area contributed by atoms with Gasteiger partial charge in [0.15, 0.2) is 0 Å². The molecule has 0 aliphatic rings. The monoisotopic (exact) mass is 295 g/mol. The predicted octanol–water partition coefficient (Wildman–Crippen LogP) is 6.63. The zero-order valence-corrected chi connectivity index (χ0v) is 15.3. The highest BCUT2D eigenvalue weighted by molar-refractivity contribution is 4.97. The Kier molecular flexibility index (Phi) is 15.8. The first kappa shape index (κ1) is 20.7. The maximum atomic E-state index is 3.46. The van der Waals surface area contributed by atoms with Crippen molar-refractivity contribution in [2.45, 2.75) is 111 Å². The van der Waals surface area contributed by atoms with Gasteiger partial charge in [-0.3, -0.25) is 0 Å². The number of allylic oxidation sites excluding steroid dienone is 1. The molecule has 0 aliphatic heterocycles. The van der Waals surface area contributed by atoms with Crippen LogP contribution in [-0.2, 0) is 0 Å². The third kappa shape index (κ3) is 17.6. The lowest BCUT2D eigenvalue weighted by molar-refractivity contribution is 0.555. The molecule has 0 saturated carbocycles. The third-order valence-corrected chi connectivity index (χ3v) is 4.11. The number of hydrogen-bond acceptors (Lipinski definition) is 1. The van der Waals surface area contributed by atoms with Crippen LogP contribution < -0.4 is 5.32 Å². The first-order valence-electron chi connectivity index (χ1n) is 9.55. The number of nitrogens with one attached hydrogen (secondary N) is 1. The molecule has 0 aromatic heterocycles. The first-order chi connectivity index (χ1) is 10.2. The van der Waals surface area contributed by atoms with Crippen molar-refractivity contribution in [3.05, 3.63) is 11.6 Å². The average molecular weight is 296 g/mol. The maximum absolute atomic E-state index is 3.46. The second-order valence-corrected chi connectivity index (χ2v) is 6.88. The van der Waals surface area contributed by atoms with Gasteiger partial charge in [-0.25, -0.2) is 0 Å². The van der Waals surface area contributed by atoms with E-state index in [9.17, 15) is 0 Å². The topological polar surface area (TPSA) is 12.0 Å². The second kappa shape index (κ2) is 16.1. The van der Waals surface area contributed by atoms with Gasteiger partial charge in [-0.15, -0.1) is 0 Å². The Labute approximate surface area is 135 Å². The molecule has 0 atom stereocenters. The van der Waals surface area contributed by atoms with Crippen LogP contribution in [0.3, 0.4) is 0 Å². The summed E-state index contributed by atoms with van der Waals surface area (Å²) in [5, 5.41) is 3.46. The Balaban J connectivity index is 3.24. The van der Waals surface area contributed by atoms with Gasteiger partial charge in [-0.1, -0.05) is 90.2 Å². The fraction of sp³-hybridized carbons (Fsp3) is 0.900.